The molecule has 2 saturated carbocycles. The van der Waals surface area contributed by atoms with E-state index >= 15 is 0 Å². The van der Waals surface area contributed by atoms with Gasteiger partial charge in [-0.05, 0) is 31.1 Å². The maximum atomic E-state index is 12.2. The molecule has 3 rings (SSSR count). The molecule has 3 atom stereocenters. The van der Waals surface area contributed by atoms with Crippen molar-refractivity contribution in [1.82, 2.24) is 10.2 Å². The largest absolute Gasteiger partial charge is 0.311 e. The Morgan fingerprint density at radius 1 is 1.22 bits per heavy atom. The van der Waals surface area contributed by atoms with Crippen molar-refractivity contribution in [3.8, 4) is 0 Å². The smallest absolute Gasteiger partial charge is 0.228 e. The average Bonchev–Trinajstić information content (AvgIpc) is 2.91. The number of nitrogens with one attached hydrogen (secondary N) is 2. The lowest BCUT2D eigenvalue weighted by Crippen LogP contribution is -2.33. The topological polar surface area (TPSA) is 57.8 Å². The van der Waals surface area contributed by atoms with Crippen molar-refractivity contribution in [2.24, 2.45) is 17.8 Å². The number of hydrogen-bond acceptors (Lipinski definition) is 2. The van der Waals surface area contributed by atoms with E-state index in [4.69, 9.17) is 0 Å². The zero-order chi connectivity index (χ0) is 12.4. The van der Waals surface area contributed by atoms with Crippen LogP contribution in [0.3, 0.4) is 0 Å². The van der Waals surface area contributed by atoms with E-state index in [1.807, 2.05) is 0 Å². The van der Waals surface area contributed by atoms with Gasteiger partial charge in [0.25, 0.3) is 0 Å². The van der Waals surface area contributed by atoms with E-state index in [1.54, 1.807) is 12.3 Å². The van der Waals surface area contributed by atoms with Crippen LogP contribution < -0.4 is 5.32 Å². The van der Waals surface area contributed by atoms with Gasteiger partial charge < -0.3 is 5.32 Å². The molecule has 1 aromatic heterocycles. The number of amides is 1. The van der Waals surface area contributed by atoms with Crippen LogP contribution in [0.2, 0.25) is 0 Å². The second-order valence-corrected chi connectivity index (χ2v) is 5.77. The van der Waals surface area contributed by atoms with Gasteiger partial charge in [-0.3, -0.25) is 9.89 Å². The summed E-state index contributed by atoms with van der Waals surface area (Å²) in [5.74, 6) is 2.78. The van der Waals surface area contributed by atoms with Crippen molar-refractivity contribution in [1.29, 1.82) is 0 Å². The van der Waals surface area contributed by atoms with Gasteiger partial charge in [-0.1, -0.05) is 25.7 Å². The lowest BCUT2D eigenvalue weighted by molar-refractivity contribution is -0.122. The minimum absolute atomic E-state index is 0.170. The first-order valence-electron chi connectivity index (χ1n) is 7.13. The van der Waals surface area contributed by atoms with Gasteiger partial charge in [-0.15, -0.1) is 0 Å². The molecule has 0 bridgehead atoms. The molecule has 2 aliphatic carbocycles. The Bertz CT molecular complexity index is 401. The van der Waals surface area contributed by atoms with Crippen molar-refractivity contribution in [2.45, 2.75) is 44.9 Å². The standard InChI is InChI=1S/C14H21N3O/c18-14(16-13-7-8-15-17-13)12-6-5-10-3-1-2-4-11(10)9-12/h7-8,10-12H,1-6,9H2,(H2,15,16,17,18). The van der Waals surface area contributed by atoms with Gasteiger partial charge in [-0.2, -0.15) is 5.10 Å². The molecule has 1 aromatic rings. The molecule has 3 unspecified atom stereocenters. The summed E-state index contributed by atoms with van der Waals surface area (Å²) < 4.78 is 0. The Balaban J connectivity index is 1.58. The number of aromatic amines is 1. The van der Waals surface area contributed by atoms with Gasteiger partial charge in [0.15, 0.2) is 0 Å². The monoisotopic (exact) mass is 247 g/mol. The summed E-state index contributed by atoms with van der Waals surface area (Å²) >= 11 is 0. The van der Waals surface area contributed by atoms with Gasteiger partial charge in [0, 0.05) is 12.0 Å². The second-order valence-electron chi connectivity index (χ2n) is 5.77. The summed E-state index contributed by atoms with van der Waals surface area (Å²) in [6.07, 6.45) is 10.5. The zero-order valence-electron chi connectivity index (χ0n) is 10.7. The molecule has 2 aliphatic rings. The average molecular weight is 247 g/mol. The summed E-state index contributed by atoms with van der Waals surface area (Å²) in [6.45, 7) is 0. The first kappa shape index (κ1) is 11.8. The molecule has 4 nitrogen and oxygen atoms in total. The van der Waals surface area contributed by atoms with E-state index < -0.39 is 0 Å². The number of carbonyl (C=O) groups is 1. The van der Waals surface area contributed by atoms with Crippen LogP contribution in [0.15, 0.2) is 12.3 Å². The molecule has 98 valence electrons. The van der Waals surface area contributed by atoms with Gasteiger partial charge in [-0.25, -0.2) is 0 Å². The number of fused-ring (bicyclic) bond motifs is 1. The normalized spacial score (nSPS) is 31.7. The molecule has 1 heterocycles. The number of anilines is 1. The van der Waals surface area contributed by atoms with Gasteiger partial charge in [0.05, 0.1) is 6.20 Å². The zero-order valence-corrected chi connectivity index (χ0v) is 10.7. The third-order valence-electron chi connectivity index (χ3n) is 4.67. The minimum Gasteiger partial charge on any atom is -0.311 e. The first-order chi connectivity index (χ1) is 8.83. The van der Waals surface area contributed by atoms with Crippen LogP contribution in [0.5, 0.6) is 0 Å². The quantitative estimate of drug-likeness (QED) is 0.844. The van der Waals surface area contributed by atoms with E-state index in [0.29, 0.717) is 5.82 Å². The predicted molar refractivity (Wildman–Crippen MR) is 70.0 cm³/mol. The van der Waals surface area contributed by atoms with Crippen LogP contribution in [0.4, 0.5) is 5.82 Å². The highest BCUT2D eigenvalue weighted by atomic mass is 16.1. The molecule has 0 aliphatic heterocycles. The van der Waals surface area contributed by atoms with E-state index in [0.717, 1.165) is 24.7 Å². The number of rotatable bonds is 2. The van der Waals surface area contributed by atoms with Crippen molar-refractivity contribution in [3.05, 3.63) is 12.3 Å². The molecule has 0 saturated heterocycles. The highest BCUT2D eigenvalue weighted by Gasteiger charge is 2.34. The number of H-pyrrole nitrogens is 1. The SMILES string of the molecule is O=C(Nc1ccn[nH]1)C1CCC2CCCCC2C1. The molecule has 2 N–H and O–H groups in total. The number of aromatic nitrogens is 2. The molecule has 0 spiro atoms. The lowest BCUT2D eigenvalue weighted by atomic mass is 9.67. The first-order valence-corrected chi connectivity index (χ1v) is 7.13. The van der Waals surface area contributed by atoms with Crippen LogP contribution in [0.25, 0.3) is 0 Å². The Hall–Kier alpha value is -1.32. The van der Waals surface area contributed by atoms with Crippen LogP contribution in [0.1, 0.15) is 44.9 Å². The second kappa shape index (κ2) is 5.12. The molecule has 2 fully saturated rings. The molecular formula is C14H21N3O. The van der Waals surface area contributed by atoms with Crippen molar-refractivity contribution >= 4 is 11.7 Å². The summed E-state index contributed by atoms with van der Waals surface area (Å²) in [5.41, 5.74) is 0. The number of carbonyl (C=O) groups excluding carboxylic acids is 1. The van der Waals surface area contributed by atoms with Crippen LogP contribution in [-0.4, -0.2) is 16.1 Å². The fourth-order valence-electron chi connectivity index (χ4n) is 3.67. The fourth-order valence-corrected chi connectivity index (χ4v) is 3.67. The van der Waals surface area contributed by atoms with Crippen LogP contribution in [-0.2, 0) is 4.79 Å². The molecule has 0 aromatic carbocycles. The maximum absolute atomic E-state index is 12.2. The van der Waals surface area contributed by atoms with Crippen molar-refractivity contribution in [3.63, 3.8) is 0 Å². The van der Waals surface area contributed by atoms with Crippen LogP contribution in [0, 0.1) is 17.8 Å². The lowest BCUT2D eigenvalue weighted by Gasteiger charge is -2.38. The van der Waals surface area contributed by atoms with Crippen molar-refractivity contribution in [2.75, 3.05) is 5.32 Å². The highest BCUT2D eigenvalue weighted by Crippen LogP contribution is 2.42. The van der Waals surface area contributed by atoms with E-state index in [9.17, 15) is 4.79 Å². The Labute approximate surface area is 108 Å². The van der Waals surface area contributed by atoms with Crippen molar-refractivity contribution < 1.29 is 4.79 Å². The van der Waals surface area contributed by atoms with E-state index in [1.165, 1.54) is 32.1 Å². The number of hydrogen-bond donors (Lipinski definition) is 2. The summed E-state index contributed by atoms with van der Waals surface area (Å²) in [7, 11) is 0. The Kier molecular flexibility index (Phi) is 3.35. The van der Waals surface area contributed by atoms with Gasteiger partial charge >= 0.3 is 0 Å². The van der Waals surface area contributed by atoms with E-state index in [2.05, 4.69) is 15.5 Å². The fraction of sp³-hybridized carbons (Fsp3) is 0.714. The Morgan fingerprint density at radius 2 is 2.06 bits per heavy atom. The summed E-state index contributed by atoms with van der Waals surface area (Å²) in [4.78, 5) is 12.2. The van der Waals surface area contributed by atoms with E-state index in [-0.39, 0.29) is 11.8 Å². The third-order valence-corrected chi connectivity index (χ3v) is 4.67. The van der Waals surface area contributed by atoms with Crippen LogP contribution >= 0.6 is 0 Å². The molecule has 4 heteroatoms. The van der Waals surface area contributed by atoms with Gasteiger partial charge in [0.1, 0.15) is 5.82 Å². The highest BCUT2D eigenvalue weighted by molar-refractivity contribution is 5.91. The Morgan fingerprint density at radius 3 is 2.83 bits per heavy atom. The molecule has 1 amide bonds. The molecular weight excluding hydrogens is 226 g/mol. The van der Waals surface area contributed by atoms with Gasteiger partial charge in [0.2, 0.25) is 5.91 Å². The maximum Gasteiger partial charge on any atom is 0.228 e. The summed E-state index contributed by atoms with van der Waals surface area (Å²) in [5, 5.41) is 9.56. The minimum atomic E-state index is 0.170. The number of nitrogens with zero attached hydrogens (tertiary/aromatic N) is 1. The molecule has 0 radical (unpaired) electrons. The predicted octanol–water partition coefficient (Wildman–Crippen LogP) is 2.95. The summed E-state index contributed by atoms with van der Waals surface area (Å²) in [6, 6.07) is 1.80. The third kappa shape index (κ3) is 2.42. The molecule has 18 heavy (non-hydrogen) atoms.